The van der Waals surface area contributed by atoms with Crippen LogP contribution in [0.25, 0.3) is 6.08 Å². The molecule has 5 rings (SSSR count). The second-order valence-electron chi connectivity index (χ2n) is 11.6. The fraction of sp³-hybridized carbons (Fsp3) is 0.394. The molecule has 2 amide bonds. The van der Waals surface area contributed by atoms with Gasteiger partial charge in [-0.1, -0.05) is 49.4 Å². The van der Waals surface area contributed by atoms with Gasteiger partial charge in [-0.25, -0.2) is 18.4 Å². The molecular formula is C33H38F2N6O3S. The first kappa shape index (κ1) is 32.7. The summed E-state index contributed by atoms with van der Waals surface area (Å²) in [7, 11) is 1.90. The van der Waals surface area contributed by atoms with Crippen molar-refractivity contribution in [2.75, 3.05) is 39.8 Å². The van der Waals surface area contributed by atoms with Gasteiger partial charge in [0.15, 0.2) is 0 Å². The molecule has 1 N–H and O–H groups in total. The number of hydrogen-bond acceptors (Lipinski definition) is 8. The first-order chi connectivity index (χ1) is 21.6. The second kappa shape index (κ2) is 14.6. The highest BCUT2D eigenvalue weighted by Gasteiger charge is 2.37. The van der Waals surface area contributed by atoms with Crippen LogP contribution in [0.4, 0.5) is 13.6 Å². The molecule has 45 heavy (non-hydrogen) atoms. The summed E-state index contributed by atoms with van der Waals surface area (Å²) in [6.45, 7) is 4.70. The number of hydrogen-bond donors (Lipinski definition) is 1. The molecule has 2 aliphatic heterocycles. The number of aryl methyl sites for hydroxylation is 1. The monoisotopic (exact) mass is 636 g/mol. The van der Waals surface area contributed by atoms with E-state index < -0.39 is 17.2 Å². The number of thioether (sulfide) groups is 1. The molecule has 1 atom stereocenters. The Labute approximate surface area is 266 Å². The number of amides is 2. The lowest BCUT2D eigenvalue weighted by molar-refractivity contribution is -0.122. The fourth-order valence-corrected chi connectivity index (χ4v) is 6.66. The Morgan fingerprint density at radius 2 is 1.82 bits per heavy atom. The summed E-state index contributed by atoms with van der Waals surface area (Å²) in [5, 5.41) is 15.5. The van der Waals surface area contributed by atoms with Gasteiger partial charge in [0.05, 0.1) is 11.4 Å². The second-order valence-corrected chi connectivity index (χ2v) is 12.5. The van der Waals surface area contributed by atoms with Gasteiger partial charge in [-0.3, -0.25) is 19.4 Å². The Morgan fingerprint density at radius 1 is 1.09 bits per heavy atom. The van der Waals surface area contributed by atoms with Crippen LogP contribution in [0.15, 0.2) is 72.2 Å². The van der Waals surface area contributed by atoms with Gasteiger partial charge in [-0.05, 0) is 74.4 Å². The minimum Gasteiger partial charge on any atom is -0.382 e. The molecule has 9 nitrogen and oxygen atoms in total. The minimum absolute atomic E-state index is 0.00966. The van der Waals surface area contributed by atoms with Gasteiger partial charge in [0.1, 0.15) is 29.9 Å². The third kappa shape index (κ3) is 8.12. The van der Waals surface area contributed by atoms with Crippen LogP contribution in [0.2, 0.25) is 0 Å². The fourth-order valence-electron chi connectivity index (χ4n) is 5.82. The van der Waals surface area contributed by atoms with Gasteiger partial charge in [-0.2, -0.15) is 5.10 Å². The van der Waals surface area contributed by atoms with E-state index in [-0.39, 0.29) is 42.4 Å². The van der Waals surface area contributed by atoms with Gasteiger partial charge in [0, 0.05) is 37.3 Å². The van der Waals surface area contributed by atoms with E-state index in [1.54, 1.807) is 6.08 Å². The quantitative estimate of drug-likeness (QED) is 0.226. The van der Waals surface area contributed by atoms with Crippen LogP contribution in [-0.4, -0.2) is 91.5 Å². The highest BCUT2D eigenvalue weighted by atomic mass is 32.2. The van der Waals surface area contributed by atoms with Crippen LogP contribution in [0.5, 0.6) is 0 Å². The van der Waals surface area contributed by atoms with Crippen LogP contribution in [0.1, 0.15) is 36.5 Å². The highest BCUT2D eigenvalue weighted by molar-refractivity contribution is 8.18. The normalized spacial score (nSPS) is 19.0. The molecule has 0 saturated carbocycles. The molecule has 1 aromatic heterocycles. The average Bonchev–Trinajstić information content (AvgIpc) is 3.62. The van der Waals surface area contributed by atoms with Gasteiger partial charge < -0.3 is 10.0 Å². The summed E-state index contributed by atoms with van der Waals surface area (Å²) in [6, 6.07) is 11.3. The van der Waals surface area contributed by atoms with Crippen LogP contribution in [0, 0.1) is 11.6 Å². The highest BCUT2D eigenvalue weighted by Crippen LogP contribution is 2.32. The molecule has 3 heterocycles. The van der Waals surface area contributed by atoms with Gasteiger partial charge in [-0.15, -0.1) is 0 Å². The Balaban J connectivity index is 1.11. The number of aromatic nitrogens is 3. The van der Waals surface area contributed by atoms with E-state index in [1.807, 2.05) is 48.4 Å². The van der Waals surface area contributed by atoms with Crippen molar-refractivity contribution in [2.45, 2.75) is 44.4 Å². The van der Waals surface area contributed by atoms with Crippen molar-refractivity contribution in [3.8, 4) is 0 Å². The van der Waals surface area contributed by atoms with Crippen LogP contribution >= 0.6 is 11.8 Å². The molecule has 2 aromatic carbocycles. The first-order valence-corrected chi connectivity index (χ1v) is 15.9. The van der Waals surface area contributed by atoms with E-state index in [0.29, 0.717) is 11.4 Å². The number of carbonyl (C=O) groups excluding carboxylic acids is 2. The number of carbonyl (C=O) groups is 2. The van der Waals surface area contributed by atoms with Crippen molar-refractivity contribution in [1.29, 1.82) is 0 Å². The van der Waals surface area contributed by atoms with Gasteiger partial charge >= 0.3 is 0 Å². The Morgan fingerprint density at radius 3 is 2.49 bits per heavy atom. The summed E-state index contributed by atoms with van der Waals surface area (Å²) >= 11 is 0.966. The number of imide groups is 1. The van der Waals surface area contributed by atoms with E-state index in [9.17, 15) is 23.5 Å². The number of aliphatic hydroxyl groups is 1. The van der Waals surface area contributed by atoms with Crippen molar-refractivity contribution in [3.05, 3.63) is 101 Å². The molecule has 0 spiro atoms. The van der Waals surface area contributed by atoms with Gasteiger partial charge in [0.2, 0.25) is 0 Å². The molecule has 0 aliphatic carbocycles. The van der Waals surface area contributed by atoms with Crippen molar-refractivity contribution in [1.82, 2.24) is 29.5 Å². The lowest BCUT2D eigenvalue weighted by Crippen LogP contribution is -2.50. The zero-order valence-corrected chi connectivity index (χ0v) is 26.3. The number of likely N-dealkylation sites (N-methyl/N-ethyl adjacent to an activating group) is 1. The molecule has 2 aliphatic rings. The van der Waals surface area contributed by atoms with Gasteiger partial charge in [0.25, 0.3) is 11.1 Å². The van der Waals surface area contributed by atoms with Crippen molar-refractivity contribution >= 4 is 29.0 Å². The summed E-state index contributed by atoms with van der Waals surface area (Å²) in [6.07, 6.45) is 11.0. The van der Waals surface area contributed by atoms with Crippen molar-refractivity contribution in [2.24, 2.45) is 0 Å². The van der Waals surface area contributed by atoms with E-state index in [1.165, 1.54) is 33.9 Å². The van der Waals surface area contributed by atoms with E-state index >= 15 is 0 Å². The number of piperidine rings is 1. The van der Waals surface area contributed by atoms with E-state index in [2.05, 4.69) is 21.9 Å². The van der Waals surface area contributed by atoms with Crippen LogP contribution in [0.3, 0.4) is 0 Å². The Bertz CT molecular complexity index is 1540. The molecule has 3 aromatic rings. The number of nitrogens with zero attached hydrogens (tertiary/aromatic N) is 6. The SMILES string of the molecule is CCc1ccc(C=C2SC(=O)N(CC=CCN3CCC(N(C)C[C@@](O)(Cn4cncn4)c4ccc(F)cc4F)CC3)C2=O)cc1. The summed E-state index contributed by atoms with van der Waals surface area (Å²) in [5.74, 6) is -1.79. The van der Waals surface area contributed by atoms with Crippen LogP contribution < -0.4 is 0 Å². The zero-order chi connectivity index (χ0) is 32.0. The number of halogens is 2. The molecule has 238 valence electrons. The lowest BCUT2D eigenvalue weighted by atomic mass is 9.91. The molecule has 12 heteroatoms. The first-order valence-electron chi connectivity index (χ1n) is 15.1. The molecule has 0 unspecified atom stereocenters. The molecular weight excluding hydrogens is 598 g/mol. The predicted molar refractivity (Wildman–Crippen MR) is 170 cm³/mol. The summed E-state index contributed by atoms with van der Waals surface area (Å²) in [4.78, 5) is 35.3. The Hall–Kier alpha value is -3.71. The predicted octanol–water partition coefficient (Wildman–Crippen LogP) is 4.70. The maximum atomic E-state index is 14.8. The minimum atomic E-state index is -1.66. The van der Waals surface area contributed by atoms with E-state index in [0.717, 1.165) is 61.8 Å². The molecule has 2 fully saturated rings. The topological polar surface area (TPSA) is 94.8 Å². The standard InChI is InChI=1S/C33H38F2N6O3S/c1-3-24-6-8-25(9-7-24)18-30-31(42)41(32(43)45-30)15-5-4-14-39-16-12-27(13-17-39)38(2)20-33(44,21-40-23-36-22-37-40)28-11-10-26(34)19-29(28)35/h4-11,18-19,22-23,27,44H,3,12-17,20-21H2,1-2H3/t33-/m1/s1. The zero-order valence-electron chi connectivity index (χ0n) is 25.5. The number of rotatable bonds is 12. The third-order valence-corrected chi connectivity index (χ3v) is 9.30. The van der Waals surface area contributed by atoms with E-state index in [4.69, 9.17) is 0 Å². The summed E-state index contributed by atoms with van der Waals surface area (Å²) < 4.78 is 29.9. The third-order valence-electron chi connectivity index (χ3n) is 8.39. The van der Waals surface area contributed by atoms with Crippen LogP contribution in [-0.2, 0) is 23.4 Å². The van der Waals surface area contributed by atoms with Crippen molar-refractivity contribution < 1.29 is 23.5 Å². The average molecular weight is 637 g/mol. The maximum absolute atomic E-state index is 14.8. The largest absolute Gasteiger partial charge is 0.382 e. The number of benzene rings is 2. The smallest absolute Gasteiger partial charge is 0.293 e. The Kier molecular flexibility index (Phi) is 10.6. The van der Waals surface area contributed by atoms with Crippen molar-refractivity contribution in [3.63, 3.8) is 0 Å². The maximum Gasteiger partial charge on any atom is 0.293 e. The number of likely N-dealkylation sites (tertiary alicyclic amines) is 1. The molecule has 0 radical (unpaired) electrons. The lowest BCUT2D eigenvalue weighted by Gasteiger charge is -2.40. The molecule has 2 saturated heterocycles. The molecule has 0 bridgehead atoms. The summed E-state index contributed by atoms with van der Waals surface area (Å²) in [5.41, 5.74) is 0.462.